The number of benzene rings is 1. The molecule has 0 radical (unpaired) electrons. The average Bonchev–Trinajstić information content (AvgIpc) is 3.08. The quantitative estimate of drug-likeness (QED) is 0.479. The Balaban J connectivity index is 1.55. The van der Waals surface area contributed by atoms with Crippen molar-refractivity contribution in [3.8, 4) is 0 Å². The van der Waals surface area contributed by atoms with Crippen molar-refractivity contribution in [3.63, 3.8) is 0 Å². The van der Waals surface area contributed by atoms with Gasteiger partial charge in [0.2, 0.25) is 0 Å². The van der Waals surface area contributed by atoms with Crippen molar-refractivity contribution in [2.24, 2.45) is 29.1 Å². The lowest BCUT2D eigenvalue weighted by atomic mass is 9.60. The molecular formula is C28H42O. The first-order chi connectivity index (χ1) is 13.8. The molecule has 160 valence electrons. The third-order valence-electron chi connectivity index (χ3n) is 9.30. The number of rotatable bonds is 6. The second-order valence-electron chi connectivity index (χ2n) is 11.0. The van der Waals surface area contributed by atoms with E-state index in [2.05, 4.69) is 52.8 Å². The molecule has 1 aromatic rings. The maximum atomic E-state index is 5.53. The molecule has 1 heteroatoms. The van der Waals surface area contributed by atoms with Gasteiger partial charge in [-0.2, -0.15) is 0 Å². The summed E-state index contributed by atoms with van der Waals surface area (Å²) in [6, 6.07) is 4.87. The number of allylic oxidation sites excluding steroid dienone is 1. The van der Waals surface area contributed by atoms with Crippen LogP contribution in [0, 0.1) is 29.1 Å². The fourth-order valence-corrected chi connectivity index (χ4v) is 6.96. The lowest BCUT2D eigenvalue weighted by molar-refractivity contribution is 0.115. The SMILES string of the molecule is COC1=Cc2ccc3c(c2CC1)CC[C@]1(C)[C@@H]3CC[C@@H]1[C@H](C)CC[C@H](C)C(C)C. The Morgan fingerprint density at radius 1 is 1.00 bits per heavy atom. The van der Waals surface area contributed by atoms with Crippen molar-refractivity contribution in [1.29, 1.82) is 0 Å². The van der Waals surface area contributed by atoms with Crippen LogP contribution in [-0.4, -0.2) is 7.11 Å². The maximum absolute atomic E-state index is 5.53. The van der Waals surface area contributed by atoms with E-state index >= 15 is 0 Å². The van der Waals surface area contributed by atoms with Gasteiger partial charge in [0, 0.05) is 6.42 Å². The Hall–Kier alpha value is -1.24. The highest BCUT2D eigenvalue weighted by atomic mass is 16.5. The normalized spacial score (nSPS) is 30.2. The van der Waals surface area contributed by atoms with Gasteiger partial charge in [-0.25, -0.2) is 0 Å². The maximum Gasteiger partial charge on any atom is 0.0964 e. The van der Waals surface area contributed by atoms with Crippen LogP contribution < -0.4 is 0 Å². The summed E-state index contributed by atoms with van der Waals surface area (Å²) in [4.78, 5) is 0. The average molecular weight is 395 g/mol. The first-order valence-corrected chi connectivity index (χ1v) is 12.2. The van der Waals surface area contributed by atoms with Gasteiger partial charge in [0.15, 0.2) is 0 Å². The Labute approximate surface area is 179 Å². The van der Waals surface area contributed by atoms with Gasteiger partial charge in [-0.15, -0.1) is 0 Å². The minimum Gasteiger partial charge on any atom is -0.501 e. The van der Waals surface area contributed by atoms with Gasteiger partial charge in [0.25, 0.3) is 0 Å². The van der Waals surface area contributed by atoms with Gasteiger partial charge in [0.05, 0.1) is 12.9 Å². The van der Waals surface area contributed by atoms with E-state index in [0.29, 0.717) is 5.41 Å². The number of ether oxygens (including phenoxy) is 1. The summed E-state index contributed by atoms with van der Waals surface area (Å²) >= 11 is 0. The second kappa shape index (κ2) is 8.12. The van der Waals surface area contributed by atoms with Crippen LogP contribution >= 0.6 is 0 Å². The molecule has 1 fully saturated rings. The summed E-state index contributed by atoms with van der Waals surface area (Å²) in [7, 11) is 1.81. The second-order valence-corrected chi connectivity index (χ2v) is 11.0. The molecule has 1 nitrogen and oxygen atoms in total. The monoisotopic (exact) mass is 394 g/mol. The highest BCUT2D eigenvalue weighted by molar-refractivity contribution is 5.62. The van der Waals surface area contributed by atoms with Crippen LogP contribution in [0.25, 0.3) is 6.08 Å². The number of hydrogen-bond acceptors (Lipinski definition) is 1. The summed E-state index contributed by atoms with van der Waals surface area (Å²) in [5.41, 5.74) is 6.97. The third kappa shape index (κ3) is 3.68. The number of hydrogen-bond donors (Lipinski definition) is 0. The van der Waals surface area contributed by atoms with E-state index in [-0.39, 0.29) is 0 Å². The molecule has 1 saturated carbocycles. The topological polar surface area (TPSA) is 9.23 Å². The molecule has 4 rings (SSSR count). The minimum absolute atomic E-state index is 0.504. The minimum atomic E-state index is 0.504. The van der Waals surface area contributed by atoms with Crippen LogP contribution in [-0.2, 0) is 17.6 Å². The van der Waals surface area contributed by atoms with Gasteiger partial charge in [0.1, 0.15) is 0 Å². The summed E-state index contributed by atoms with van der Waals surface area (Å²) in [6.45, 7) is 12.4. The molecule has 0 N–H and O–H groups in total. The first kappa shape index (κ1) is 21.0. The van der Waals surface area contributed by atoms with Crippen LogP contribution in [0.1, 0.15) is 101 Å². The first-order valence-electron chi connectivity index (χ1n) is 12.2. The van der Waals surface area contributed by atoms with E-state index in [4.69, 9.17) is 4.74 Å². The fraction of sp³-hybridized carbons (Fsp3) is 0.714. The molecule has 0 aromatic heterocycles. The van der Waals surface area contributed by atoms with Gasteiger partial charge >= 0.3 is 0 Å². The van der Waals surface area contributed by atoms with E-state index in [0.717, 1.165) is 48.2 Å². The molecule has 0 heterocycles. The zero-order valence-corrected chi connectivity index (χ0v) is 19.7. The lowest BCUT2D eigenvalue weighted by Gasteiger charge is -2.45. The van der Waals surface area contributed by atoms with Crippen LogP contribution in [0.15, 0.2) is 17.9 Å². The van der Waals surface area contributed by atoms with Crippen molar-refractivity contribution in [2.45, 2.75) is 91.9 Å². The summed E-state index contributed by atoms with van der Waals surface area (Å²) in [5, 5.41) is 0. The predicted molar refractivity (Wildman–Crippen MR) is 124 cm³/mol. The Bertz CT molecular complexity index is 773. The summed E-state index contributed by atoms with van der Waals surface area (Å²) in [6.07, 6.45) is 12.8. The van der Waals surface area contributed by atoms with Crippen LogP contribution in [0.2, 0.25) is 0 Å². The van der Waals surface area contributed by atoms with Gasteiger partial charge < -0.3 is 4.74 Å². The smallest absolute Gasteiger partial charge is 0.0964 e. The van der Waals surface area contributed by atoms with E-state index in [1.54, 1.807) is 16.7 Å². The zero-order chi connectivity index (χ0) is 20.8. The van der Waals surface area contributed by atoms with Crippen molar-refractivity contribution in [2.75, 3.05) is 7.11 Å². The molecule has 5 atom stereocenters. The molecule has 0 amide bonds. The molecule has 3 aliphatic rings. The molecule has 0 aliphatic heterocycles. The molecule has 0 unspecified atom stereocenters. The highest BCUT2D eigenvalue weighted by Crippen LogP contribution is 2.61. The number of fused-ring (bicyclic) bond motifs is 5. The summed E-state index contributed by atoms with van der Waals surface area (Å²) < 4.78 is 5.53. The van der Waals surface area contributed by atoms with Crippen molar-refractivity contribution >= 4 is 6.08 Å². The molecule has 3 aliphatic carbocycles. The van der Waals surface area contributed by atoms with E-state index in [1.807, 2.05) is 7.11 Å². The van der Waals surface area contributed by atoms with Crippen molar-refractivity contribution in [3.05, 3.63) is 40.1 Å². The van der Waals surface area contributed by atoms with E-state index < -0.39 is 0 Å². The van der Waals surface area contributed by atoms with E-state index in [1.165, 1.54) is 44.1 Å². The largest absolute Gasteiger partial charge is 0.501 e. The van der Waals surface area contributed by atoms with Crippen molar-refractivity contribution in [1.82, 2.24) is 0 Å². The van der Waals surface area contributed by atoms with Gasteiger partial charge in [-0.1, -0.05) is 59.6 Å². The lowest BCUT2D eigenvalue weighted by Crippen LogP contribution is -2.35. The molecule has 0 spiro atoms. The zero-order valence-electron chi connectivity index (χ0n) is 19.7. The van der Waals surface area contributed by atoms with Crippen LogP contribution in [0.4, 0.5) is 0 Å². The highest BCUT2D eigenvalue weighted by Gasteiger charge is 2.51. The molecule has 0 bridgehead atoms. The molecule has 1 aromatic carbocycles. The standard InChI is InChI=1S/C28H42O/c1-18(2)19(3)7-8-20(4)26-13-14-27-25-11-9-21-17-22(29-6)10-12-23(21)24(25)15-16-28(26,27)5/h9,11,17-20,26-27H,7-8,10,12-16H2,1-6H3/t19-,20+,26+,27+,28-/m0/s1. The fourth-order valence-electron chi connectivity index (χ4n) is 6.96. The van der Waals surface area contributed by atoms with Gasteiger partial charge in [-0.05, 0) is 95.4 Å². The van der Waals surface area contributed by atoms with Crippen molar-refractivity contribution < 1.29 is 4.74 Å². The van der Waals surface area contributed by atoms with Crippen LogP contribution in [0.3, 0.4) is 0 Å². The Morgan fingerprint density at radius 2 is 1.79 bits per heavy atom. The predicted octanol–water partition coefficient (Wildman–Crippen LogP) is 7.77. The molecule has 0 saturated heterocycles. The molecule has 29 heavy (non-hydrogen) atoms. The molecular weight excluding hydrogens is 352 g/mol. The van der Waals surface area contributed by atoms with Gasteiger partial charge in [-0.3, -0.25) is 0 Å². The van der Waals surface area contributed by atoms with Crippen LogP contribution in [0.5, 0.6) is 0 Å². The number of methoxy groups -OCH3 is 1. The Kier molecular flexibility index (Phi) is 5.88. The third-order valence-corrected chi connectivity index (χ3v) is 9.30. The summed E-state index contributed by atoms with van der Waals surface area (Å²) in [5.74, 6) is 5.34. The van der Waals surface area contributed by atoms with E-state index in [9.17, 15) is 0 Å². The Morgan fingerprint density at radius 3 is 2.52 bits per heavy atom.